The summed E-state index contributed by atoms with van der Waals surface area (Å²) in [5.41, 5.74) is 4.82. The molecule has 2 unspecified atom stereocenters. The molecule has 0 aliphatic carbocycles. The van der Waals surface area contributed by atoms with Crippen molar-refractivity contribution in [2.24, 2.45) is 11.7 Å². The first-order valence-electron chi connectivity index (χ1n) is 7.77. The maximum Gasteiger partial charge on any atom is 0.559 e. The Morgan fingerprint density at radius 3 is 2.38 bits per heavy atom. The Morgan fingerprint density at radius 2 is 1.90 bits per heavy atom. The Morgan fingerprint density at radius 1 is 1.33 bits per heavy atom. The van der Waals surface area contributed by atoms with Crippen molar-refractivity contribution in [1.82, 2.24) is 4.81 Å². The van der Waals surface area contributed by atoms with Crippen molar-refractivity contribution in [3.8, 4) is 0 Å². The van der Waals surface area contributed by atoms with Gasteiger partial charge in [-0.2, -0.15) is 0 Å². The second-order valence-electron chi connectivity index (χ2n) is 6.94. The first-order valence-corrected chi connectivity index (χ1v) is 7.77. The second kappa shape index (κ2) is 5.74. The van der Waals surface area contributed by atoms with E-state index < -0.39 is 18.5 Å². The summed E-state index contributed by atoms with van der Waals surface area (Å²) in [4.78, 5) is 13.9. The van der Waals surface area contributed by atoms with Gasteiger partial charge in [0.1, 0.15) is 0 Å². The second-order valence-corrected chi connectivity index (χ2v) is 6.94. The van der Waals surface area contributed by atoms with E-state index in [2.05, 4.69) is 19.1 Å². The van der Waals surface area contributed by atoms with Crippen molar-refractivity contribution >= 4 is 13.2 Å². The lowest BCUT2D eigenvalue weighted by atomic mass is 9.90. The minimum Gasteiger partial charge on any atom is -0.389 e. The van der Waals surface area contributed by atoms with Crippen LogP contribution in [-0.4, -0.2) is 41.8 Å². The van der Waals surface area contributed by atoms with Gasteiger partial charge in [0, 0.05) is 5.92 Å². The van der Waals surface area contributed by atoms with Crippen LogP contribution in [0.1, 0.15) is 47.5 Å². The summed E-state index contributed by atoms with van der Waals surface area (Å²) >= 11 is 0. The van der Waals surface area contributed by atoms with Crippen molar-refractivity contribution in [1.29, 1.82) is 0 Å². The van der Waals surface area contributed by atoms with E-state index in [1.54, 1.807) is 0 Å². The van der Waals surface area contributed by atoms with Gasteiger partial charge < -0.3 is 15.0 Å². The molecule has 2 rings (SSSR count). The molecule has 2 N–H and O–H groups in total. The zero-order chi connectivity index (χ0) is 15.8. The quantitative estimate of drug-likeness (QED) is 0.633. The molecule has 2 heterocycles. The van der Waals surface area contributed by atoms with E-state index in [9.17, 15) is 4.79 Å². The first kappa shape index (κ1) is 16.5. The number of nitrogens with zero attached hydrogens (tertiary/aromatic N) is 1. The summed E-state index contributed by atoms with van der Waals surface area (Å²) in [6.45, 7) is 10.9. The van der Waals surface area contributed by atoms with Crippen LogP contribution in [0.25, 0.3) is 0 Å². The average Bonchev–Trinajstić information content (AvgIpc) is 2.86. The topological polar surface area (TPSA) is 64.8 Å². The number of amides is 1. The van der Waals surface area contributed by atoms with Crippen LogP contribution >= 0.6 is 0 Å². The smallest absolute Gasteiger partial charge is 0.389 e. The summed E-state index contributed by atoms with van der Waals surface area (Å²) in [6, 6.07) is -0.359. The lowest BCUT2D eigenvalue weighted by molar-refractivity contribution is -0.122. The van der Waals surface area contributed by atoms with Gasteiger partial charge in [-0.15, -0.1) is 0 Å². The highest BCUT2D eigenvalue weighted by molar-refractivity contribution is 6.42. The lowest BCUT2D eigenvalue weighted by Gasteiger charge is -2.32. The Bertz CT molecular complexity index is 421. The Balaban J connectivity index is 2.17. The molecule has 2 aliphatic heterocycles. The van der Waals surface area contributed by atoms with E-state index in [1.165, 1.54) is 0 Å². The summed E-state index contributed by atoms with van der Waals surface area (Å²) in [5.74, 6) is -0.172. The van der Waals surface area contributed by atoms with Crippen LogP contribution in [0.3, 0.4) is 0 Å². The predicted molar refractivity (Wildman–Crippen MR) is 83.3 cm³/mol. The molecule has 2 fully saturated rings. The Hall–Kier alpha value is -0.845. The molecule has 2 saturated heterocycles. The molecule has 1 amide bonds. The highest BCUT2D eigenvalue weighted by atomic mass is 16.7. The number of carbonyl (C=O) groups is 1. The maximum absolute atomic E-state index is 11.9. The van der Waals surface area contributed by atoms with Gasteiger partial charge in [-0.1, -0.05) is 19.1 Å². The molecule has 0 radical (unpaired) electrons. The maximum atomic E-state index is 11.9. The largest absolute Gasteiger partial charge is 0.559 e. The first-order chi connectivity index (χ1) is 9.69. The van der Waals surface area contributed by atoms with Crippen molar-refractivity contribution in [3.63, 3.8) is 0 Å². The highest BCUT2D eigenvalue weighted by Crippen LogP contribution is 2.40. The average molecular weight is 294 g/mol. The van der Waals surface area contributed by atoms with Crippen LogP contribution in [0.15, 0.2) is 12.2 Å². The van der Waals surface area contributed by atoms with Gasteiger partial charge in [-0.05, 0) is 47.1 Å². The summed E-state index contributed by atoms with van der Waals surface area (Å²) in [5, 5.41) is 0. The number of allylic oxidation sites excluding steroid dienone is 1. The van der Waals surface area contributed by atoms with Gasteiger partial charge >= 0.3 is 7.25 Å². The monoisotopic (exact) mass is 294 g/mol. The van der Waals surface area contributed by atoms with E-state index in [-0.39, 0.29) is 17.9 Å². The molecule has 0 spiro atoms. The van der Waals surface area contributed by atoms with Crippen LogP contribution in [0.2, 0.25) is 0 Å². The molecular formula is C15H27BN2O3. The molecule has 5 nitrogen and oxygen atoms in total. The minimum atomic E-state index is -0.507. The van der Waals surface area contributed by atoms with Crippen molar-refractivity contribution in [2.45, 2.75) is 64.7 Å². The summed E-state index contributed by atoms with van der Waals surface area (Å²) in [7, 11) is -0.507. The van der Waals surface area contributed by atoms with E-state index in [0.29, 0.717) is 0 Å². The number of hydrogen-bond acceptors (Lipinski definition) is 4. The van der Waals surface area contributed by atoms with E-state index >= 15 is 0 Å². The van der Waals surface area contributed by atoms with Crippen molar-refractivity contribution < 1.29 is 14.1 Å². The molecule has 2 atom stereocenters. The van der Waals surface area contributed by atoms with Gasteiger partial charge in [0.2, 0.25) is 5.91 Å². The van der Waals surface area contributed by atoms with Gasteiger partial charge in [-0.25, -0.2) is 0 Å². The third kappa shape index (κ3) is 3.03. The molecule has 0 aromatic carbocycles. The third-order valence-corrected chi connectivity index (χ3v) is 4.91. The molecule has 6 heteroatoms. The molecule has 21 heavy (non-hydrogen) atoms. The predicted octanol–water partition coefficient (Wildman–Crippen LogP) is 1.72. The van der Waals surface area contributed by atoms with Crippen molar-refractivity contribution in [2.75, 3.05) is 6.54 Å². The Kier molecular flexibility index (Phi) is 4.52. The zero-order valence-electron chi connectivity index (χ0n) is 13.8. The van der Waals surface area contributed by atoms with Crippen LogP contribution in [0, 0.1) is 5.92 Å². The van der Waals surface area contributed by atoms with Crippen LogP contribution in [0.5, 0.6) is 0 Å². The minimum absolute atomic E-state index is 0.140. The number of primary amides is 1. The normalized spacial score (nSPS) is 32.1. The van der Waals surface area contributed by atoms with Gasteiger partial charge in [0.15, 0.2) is 0 Å². The number of nitrogens with two attached hydrogens (primary N) is 1. The van der Waals surface area contributed by atoms with Gasteiger partial charge in [0.05, 0.1) is 17.2 Å². The number of carbonyl (C=O) groups excluding carboxylic acids is 1. The standard InChI is InChI=1S/C15H27BN2O3/c1-6-7-8-11-9-10-18(12(11)13(17)19)16-20-14(2,3)15(4,5)21-16/h7-8,11-12H,6,9-10H2,1-5H3,(H2,17,19). The van der Waals surface area contributed by atoms with Crippen LogP contribution in [-0.2, 0) is 14.1 Å². The van der Waals surface area contributed by atoms with Gasteiger partial charge in [-0.3, -0.25) is 9.61 Å². The highest BCUT2D eigenvalue weighted by Gasteiger charge is 2.57. The summed E-state index contributed by atoms with van der Waals surface area (Å²) < 4.78 is 12.1. The SMILES string of the molecule is CCC=CC1CCN(B2OC(C)(C)C(C)(C)O2)C1C(N)=O. The van der Waals surface area contributed by atoms with E-state index in [4.69, 9.17) is 15.0 Å². The molecule has 2 aliphatic rings. The van der Waals surface area contributed by atoms with E-state index in [1.807, 2.05) is 32.5 Å². The fourth-order valence-electron chi connectivity index (χ4n) is 2.91. The van der Waals surface area contributed by atoms with Crippen LogP contribution < -0.4 is 5.73 Å². The Labute approximate surface area is 128 Å². The van der Waals surface area contributed by atoms with Gasteiger partial charge in [0.25, 0.3) is 0 Å². The number of rotatable bonds is 4. The molecule has 0 bridgehead atoms. The van der Waals surface area contributed by atoms with Crippen LogP contribution in [0.4, 0.5) is 0 Å². The fraction of sp³-hybridized carbons (Fsp3) is 0.800. The fourth-order valence-corrected chi connectivity index (χ4v) is 2.91. The molecular weight excluding hydrogens is 267 g/mol. The van der Waals surface area contributed by atoms with Crippen molar-refractivity contribution in [3.05, 3.63) is 12.2 Å². The third-order valence-electron chi connectivity index (χ3n) is 4.91. The molecule has 118 valence electrons. The molecule has 0 aromatic rings. The molecule has 0 saturated carbocycles. The lowest BCUT2D eigenvalue weighted by Crippen LogP contribution is -2.52. The summed E-state index contributed by atoms with van der Waals surface area (Å²) in [6.07, 6.45) is 6.04. The molecule has 0 aromatic heterocycles. The van der Waals surface area contributed by atoms with E-state index in [0.717, 1.165) is 19.4 Å². The zero-order valence-corrected chi connectivity index (χ0v) is 13.8. The number of hydrogen-bond donors (Lipinski definition) is 1.